The molecule has 0 aliphatic heterocycles. The Balaban J connectivity index is 5.45. The third kappa shape index (κ3) is 26.9. The van der Waals surface area contributed by atoms with Gasteiger partial charge in [-0.05, 0) is 51.4 Å². The first kappa shape index (κ1) is 50.2. The Kier molecular flexibility index (Phi) is 29.4. The van der Waals surface area contributed by atoms with Gasteiger partial charge in [0.2, 0.25) is 17.7 Å². The quantitative estimate of drug-likeness (QED) is 0.0269. The van der Waals surface area contributed by atoms with E-state index < -0.39 is 48.2 Å². The van der Waals surface area contributed by atoms with E-state index in [9.17, 15) is 29.1 Å². The van der Waals surface area contributed by atoms with Crippen molar-refractivity contribution >= 4 is 41.2 Å². The van der Waals surface area contributed by atoms with E-state index in [1.165, 1.54) is 64.7 Å². The summed E-state index contributed by atoms with van der Waals surface area (Å²) in [4.78, 5) is 73.5. The van der Waals surface area contributed by atoms with Crippen LogP contribution in [0.4, 0.5) is 0 Å². The number of carbonyl (C=O) groups excluding carboxylic acids is 5. The summed E-state index contributed by atoms with van der Waals surface area (Å²) in [6, 6.07) is -2.97. The first-order valence-corrected chi connectivity index (χ1v) is 20.4. The van der Waals surface area contributed by atoms with Crippen LogP contribution >= 0.6 is 0 Å². The number of rotatable bonds is 34. The molecule has 0 aromatic carbocycles. The molecule has 0 saturated heterocycles. The van der Waals surface area contributed by atoms with Gasteiger partial charge in [0.1, 0.15) is 12.1 Å². The van der Waals surface area contributed by atoms with Gasteiger partial charge < -0.3 is 44.0 Å². The highest BCUT2D eigenvalue weighted by Gasteiger charge is 2.31. The monoisotopic (exact) mass is 766 g/mol. The Morgan fingerprint density at radius 1 is 0.611 bits per heavy atom. The molecule has 0 rings (SSSR count). The number of aliphatic imine (C=N–C) groups is 2. The highest BCUT2D eigenvalue weighted by Crippen LogP contribution is 2.18. The van der Waals surface area contributed by atoms with Crippen LogP contribution < -0.4 is 38.9 Å². The number of ketones is 2. The Bertz CT molecular complexity index is 1140. The van der Waals surface area contributed by atoms with Crippen LogP contribution in [0, 0.1) is 11.8 Å². The number of carbonyl (C=O) groups is 5. The van der Waals surface area contributed by atoms with E-state index >= 15 is 0 Å². The van der Waals surface area contributed by atoms with Gasteiger partial charge >= 0.3 is 0 Å². The maximum absolute atomic E-state index is 13.8. The van der Waals surface area contributed by atoms with Gasteiger partial charge in [0.15, 0.2) is 23.5 Å². The number of nitrogens with two attached hydrogens (primary N) is 4. The van der Waals surface area contributed by atoms with Crippen LogP contribution in [0.25, 0.3) is 0 Å². The number of unbranched alkanes of at least 4 members (excludes halogenated alkanes) is 12. The van der Waals surface area contributed by atoms with Gasteiger partial charge in [-0.1, -0.05) is 97.8 Å². The second kappa shape index (κ2) is 31.6. The van der Waals surface area contributed by atoms with Crippen LogP contribution in [-0.2, 0) is 24.0 Å². The van der Waals surface area contributed by atoms with Crippen molar-refractivity contribution in [2.75, 3.05) is 19.7 Å². The summed E-state index contributed by atoms with van der Waals surface area (Å²) in [5.41, 5.74) is 21.8. The molecule has 0 fully saturated rings. The maximum Gasteiger partial charge on any atom is 0.243 e. The molecule has 0 heterocycles. The lowest BCUT2D eigenvalue weighted by Crippen LogP contribution is -2.52. The topological polar surface area (TPSA) is 270 Å². The lowest BCUT2D eigenvalue weighted by molar-refractivity contribution is -0.135. The van der Waals surface area contributed by atoms with Gasteiger partial charge in [0, 0.05) is 31.8 Å². The van der Waals surface area contributed by atoms with E-state index in [-0.39, 0.29) is 68.3 Å². The summed E-state index contributed by atoms with van der Waals surface area (Å²) in [5.74, 6) is -3.17. The van der Waals surface area contributed by atoms with Crippen molar-refractivity contribution in [2.24, 2.45) is 44.8 Å². The molecule has 4 atom stereocenters. The zero-order chi connectivity index (χ0) is 40.7. The van der Waals surface area contributed by atoms with Crippen LogP contribution in [-0.4, -0.2) is 84.1 Å². The van der Waals surface area contributed by atoms with Crippen molar-refractivity contribution in [2.45, 2.75) is 174 Å². The Hall–Kier alpha value is -3.75. The number of aliphatic hydroxyl groups is 1. The molecule has 0 aromatic heterocycles. The summed E-state index contributed by atoms with van der Waals surface area (Å²) >= 11 is 0. The Morgan fingerprint density at radius 2 is 1.09 bits per heavy atom. The van der Waals surface area contributed by atoms with Gasteiger partial charge in [0.25, 0.3) is 0 Å². The molecule has 15 nitrogen and oxygen atoms in total. The Morgan fingerprint density at radius 3 is 1.56 bits per heavy atom. The fraction of sp³-hybridized carbons (Fsp3) is 0.821. The van der Waals surface area contributed by atoms with Gasteiger partial charge in [0.05, 0.1) is 12.6 Å². The number of hydrogen-bond acceptors (Lipinski definition) is 8. The van der Waals surface area contributed by atoms with Crippen LogP contribution in [0.5, 0.6) is 0 Å². The fourth-order valence-corrected chi connectivity index (χ4v) is 6.18. The van der Waals surface area contributed by atoms with Crippen molar-refractivity contribution in [1.29, 1.82) is 0 Å². The van der Waals surface area contributed by atoms with E-state index in [4.69, 9.17) is 22.9 Å². The van der Waals surface area contributed by atoms with Crippen molar-refractivity contribution in [3.05, 3.63) is 0 Å². The molecular weight excluding hydrogens is 690 g/mol. The minimum Gasteiger partial charge on any atom is -0.394 e. The number of hydrogen-bond donors (Lipinski definition) is 8. The minimum atomic E-state index is -1.11. The predicted octanol–water partition coefficient (Wildman–Crippen LogP) is 3.23. The molecule has 0 aliphatic carbocycles. The zero-order valence-corrected chi connectivity index (χ0v) is 33.8. The molecule has 0 bridgehead atoms. The molecule has 0 saturated carbocycles. The van der Waals surface area contributed by atoms with E-state index in [1.807, 2.05) is 13.8 Å². The van der Waals surface area contributed by atoms with Gasteiger partial charge in [-0.3, -0.25) is 34.0 Å². The minimum absolute atomic E-state index is 0.00957. The highest BCUT2D eigenvalue weighted by atomic mass is 16.3. The number of nitrogens with zero attached hydrogens (tertiary/aromatic N) is 2. The molecule has 15 heteroatoms. The smallest absolute Gasteiger partial charge is 0.243 e. The van der Waals surface area contributed by atoms with Crippen molar-refractivity contribution in [3.8, 4) is 0 Å². The Labute approximate surface area is 324 Å². The summed E-state index contributed by atoms with van der Waals surface area (Å²) in [5, 5.41) is 17.8. The summed E-state index contributed by atoms with van der Waals surface area (Å²) in [6.45, 7) is 7.21. The normalized spacial score (nSPS) is 13.3. The lowest BCUT2D eigenvalue weighted by Gasteiger charge is -2.26. The lowest BCUT2D eigenvalue weighted by atomic mass is 9.90. The fourth-order valence-electron chi connectivity index (χ4n) is 6.18. The van der Waals surface area contributed by atoms with E-state index in [0.29, 0.717) is 25.7 Å². The van der Waals surface area contributed by atoms with Crippen molar-refractivity contribution in [1.82, 2.24) is 16.0 Å². The molecular formula is C39H75N9O6. The number of aliphatic hydroxyl groups excluding tert-OH is 1. The van der Waals surface area contributed by atoms with Gasteiger partial charge in [-0.2, -0.15) is 0 Å². The molecule has 0 radical (unpaired) electrons. The van der Waals surface area contributed by atoms with E-state index in [2.05, 4.69) is 32.9 Å². The molecule has 0 aliphatic rings. The molecule has 0 spiro atoms. The molecule has 312 valence electrons. The van der Waals surface area contributed by atoms with Crippen LogP contribution in [0.3, 0.4) is 0 Å². The first-order chi connectivity index (χ1) is 25.7. The number of guanidine groups is 2. The number of Topliss-reactive ketones (excluding diaryl/α,β-unsaturated/α-hetero) is 2. The molecule has 54 heavy (non-hydrogen) atoms. The second-order valence-corrected chi connectivity index (χ2v) is 14.9. The zero-order valence-electron chi connectivity index (χ0n) is 33.8. The second-order valence-electron chi connectivity index (χ2n) is 14.9. The SMILES string of the molecule is CCCCCCCCCCCCCCCC(=O)N[C@@H](CCCN=C(N)N)C(=O)N[C@@H](CC(C)C)C(=O)C[C@@H](CCCN=C(N)N)C(=O)N[C@@H](CO)C(C)=O. The summed E-state index contributed by atoms with van der Waals surface area (Å²) in [7, 11) is 0. The summed E-state index contributed by atoms with van der Waals surface area (Å²) < 4.78 is 0. The number of nitrogens with one attached hydrogen (secondary N) is 3. The molecule has 0 unspecified atom stereocenters. The molecule has 12 N–H and O–H groups in total. The third-order valence-electron chi connectivity index (χ3n) is 9.33. The van der Waals surface area contributed by atoms with Gasteiger partial charge in [-0.15, -0.1) is 0 Å². The van der Waals surface area contributed by atoms with Gasteiger partial charge in [-0.25, -0.2) is 0 Å². The van der Waals surface area contributed by atoms with Crippen LogP contribution in [0.15, 0.2) is 9.98 Å². The maximum atomic E-state index is 13.8. The van der Waals surface area contributed by atoms with Crippen molar-refractivity contribution in [3.63, 3.8) is 0 Å². The summed E-state index contributed by atoms with van der Waals surface area (Å²) in [6.07, 6.45) is 17.1. The molecule has 0 aromatic rings. The van der Waals surface area contributed by atoms with Crippen LogP contribution in [0.1, 0.15) is 156 Å². The average Bonchev–Trinajstić information content (AvgIpc) is 3.10. The van der Waals surface area contributed by atoms with Crippen LogP contribution in [0.2, 0.25) is 0 Å². The predicted molar refractivity (Wildman–Crippen MR) is 216 cm³/mol. The highest BCUT2D eigenvalue weighted by molar-refractivity contribution is 5.95. The van der Waals surface area contributed by atoms with E-state index in [1.54, 1.807) is 0 Å². The largest absolute Gasteiger partial charge is 0.394 e. The number of amides is 3. The molecule has 3 amide bonds. The standard InChI is InChI=1S/C39H75N9O6/c1-5-6-7-8-9-10-11-12-13-14-15-16-17-22-35(52)46-31(21-19-24-45-39(42)43)37(54)47-32(25-28(2)3)34(51)26-30(20-18-23-44-38(40)41)36(53)48-33(27-49)29(4)50/h28,30-33,49H,5-27H2,1-4H3,(H,46,52)(H,47,54)(H,48,53)(H4,40,41,44)(H4,42,43,45)/t30-,31+,32+,33+/m1/s1. The first-order valence-electron chi connectivity index (χ1n) is 20.4. The average molecular weight is 766 g/mol. The third-order valence-corrected chi connectivity index (χ3v) is 9.33. The van der Waals surface area contributed by atoms with Crippen molar-refractivity contribution < 1.29 is 29.1 Å². The van der Waals surface area contributed by atoms with E-state index in [0.717, 1.165) is 19.3 Å².